The smallest absolute Gasteiger partial charge is 0.129 e. The van der Waals surface area contributed by atoms with Crippen molar-refractivity contribution < 1.29 is 18.7 Å². The van der Waals surface area contributed by atoms with Crippen molar-refractivity contribution in [2.45, 2.75) is 87.5 Å². The van der Waals surface area contributed by atoms with Crippen molar-refractivity contribution in [2.75, 3.05) is 7.11 Å². The number of carbonyl (C=O) groups is 2. The third-order valence-corrected chi connectivity index (χ3v) is 3.18. The Balaban J connectivity index is -0.000000341. The van der Waals surface area contributed by atoms with Crippen LogP contribution in [0, 0.1) is 12.7 Å². The highest BCUT2D eigenvalue weighted by Crippen LogP contribution is 2.23. The van der Waals surface area contributed by atoms with Crippen LogP contribution in [0.1, 0.15) is 85.3 Å². The van der Waals surface area contributed by atoms with E-state index in [4.69, 9.17) is 4.74 Å². The number of methoxy groups -OCH3 is 1. The Morgan fingerprint density at radius 1 is 1.00 bits per heavy atom. The monoisotopic (exact) mass is 370 g/mol. The van der Waals surface area contributed by atoms with Crippen LogP contribution in [0.2, 0.25) is 0 Å². The molecule has 0 aliphatic rings. The summed E-state index contributed by atoms with van der Waals surface area (Å²) in [5.74, 6) is 1.00. The van der Waals surface area contributed by atoms with Gasteiger partial charge in [-0.15, -0.1) is 0 Å². The largest absolute Gasteiger partial charge is 0.496 e. The van der Waals surface area contributed by atoms with Crippen molar-refractivity contribution in [3.8, 4) is 5.75 Å². The lowest BCUT2D eigenvalue weighted by Gasteiger charge is -2.09. The molecule has 1 rings (SSSR count). The minimum atomic E-state index is -0.197. The summed E-state index contributed by atoms with van der Waals surface area (Å²) in [6.45, 7) is 14.9. The number of ether oxygens (including phenoxy) is 1. The second-order valence-electron chi connectivity index (χ2n) is 5.67. The van der Waals surface area contributed by atoms with E-state index in [-0.39, 0.29) is 17.4 Å². The fourth-order valence-electron chi connectivity index (χ4n) is 1.73. The molecule has 1 aromatic carbocycles. The number of ketones is 2. The van der Waals surface area contributed by atoms with Gasteiger partial charge in [0.2, 0.25) is 0 Å². The number of Topliss-reactive ketones (excluding diaryl/α,β-unsaturated/α-hetero) is 2. The van der Waals surface area contributed by atoms with Gasteiger partial charge in [0.05, 0.1) is 7.11 Å². The molecular formula is C22H39FO3. The normalized spacial score (nSPS) is 8.69. The van der Waals surface area contributed by atoms with Gasteiger partial charge in [0.1, 0.15) is 23.1 Å². The van der Waals surface area contributed by atoms with Gasteiger partial charge in [0.25, 0.3) is 0 Å². The minimum Gasteiger partial charge on any atom is -0.496 e. The van der Waals surface area contributed by atoms with Gasteiger partial charge < -0.3 is 14.3 Å². The van der Waals surface area contributed by atoms with Gasteiger partial charge in [-0.05, 0) is 50.8 Å². The van der Waals surface area contributed by atoms with Crippen molar-refractivity contribution in [3.05, 3.63) is 29.1 Å². The molecule has 0 saturated carbocycles. The second kappa shape index (κ2) is 19.6. The number of halogens is 1. The van der Waals surface area contributed by atoms with Crippen LogP contribution < -0.4 is 4.74 Å². The molecule has 0 aromatic heterocycles. The lowest BCUT2D eigenvalue weighted by molar-refractivity contribution is -0.117. The second-order valence-corrected chi connectivity index (χ2v) is 5.67. The highest BCUT2D eigenvalue weighted by Gasteiger charge is 2.06. The van der Waals surface area contributed by atoms with E-state index < -0.39 is 0 Å². The molecule has 0 fully saturated rings. The van der Waals surface area contributed by atoms with Gasteiger partial charge in [-0.3, -0.25) is 0 Å². The van der Waals surface area contributed by atoms with Crippen molar-refractivity contribution in [3.63, 3.8) is 0 Å². The van der Waals surface area contributed by atoms with Crippen LogP contribution in [0.15, 0.2) is 12.1 Å². The first-order valence-electron chi connectivity index (χ1n) is 9.55. The summed E-state index contributed by atoms with van der Waals surface area (Å²) in [5, 5.41) is 0. The van der Waals surface area contributed by atoms with Crippen LogP contribution in [0.4, 0.5) is 4.39 Å². The standard InChI is InChI=1S/C11H15FO.C5H10O.C4H8O.C2H6/c1-4-5-9-6-8(2)10(12)7-11(9)13-3;1-3-4-5(2)6;1-3-4(2)5;1-2/h6-7H,4-5H2,1-3H3;3-4H2,1-2H3;3H2,1-2H3;1-2H3. The van der Waals surface area contributed by atoms with Crippen molar-refractivity contribution in [1.82, 2.24) is 0 Å². The third-order valence-electron chi connectivity index (χ3n) is 3.18. The van der Waals surface area contributed by atoms with E-state index in [1.54, 1.807) is 27.9 Å². The quantitative estimate of drug-likeness (QED) is 0.575. The zero-order valence-electron chi connectivity index (χ0n) is 18.3. The summed E-state index contributed by atoms with van der Waals surface area (Å²) in [6, 6.07) is 3.32. The molecule has 0 aliphatic heterocycles. The molecule has 0 unspecified atom stereocenters. The van der Waals surface area contributed by atoms with E-state index in [1.165, 1.54) is 6.07 Å². The minimum absolute atomic E-state index is 0.197. The van der Waals surface area contributed by atoms with Gasteiger partial charge >= 0.3 is 0 Å². The average Bonchev–Trinajstić information content (AvgIpc) is 2.61. The Labute approximate surface area is 160 Å². The zero-order chi connectivity index (χ0) is 21.1. The number of benzene rings is 1. The molecule has 4 heteroatoms. The van der Waals surface area contributed by atoms with Crippen molar-refractivity contribution >= 4 is 11.6 Å². The molecule has 0 spiro atoms. The number of hydrogen-bond donors (Lipinski definition) is 0. The molecule has 0 N–H and O–H groups in total. The first-order valence-corrected chi connectivity index (χ1v) is 9.55. The molecule has 0 atom stereocenters. The predicted octanol–water partition coefficient (Wildman–Crippen LogP) is 6.48. The zero-order valence-corrected chi connectivity index (χ0v) is 18.3. The first kappa shape index (κ1) is 29.1. The maximum Gasteiger partial charge on any atom is 0.129 e. The van der Waals surface area contributed by atoms with E-state index in [0.717, 1.165) is 31.2 Å². The van der Waals surface area contributed by atoms with Crippen molar-refractivity contribution in [2.24, 2.45) is 0 Å². The lowest BCUT2D eigenvalue weighted by Crippen LogP contribution is -1.95. The molecule has 3 nitrogen and oxygen atoms in total. The first-order chi connectivity index (χ1) is 12.2. The van der Waals surface area contributed by atoms with E-state index in [9.17, 15) is 14.0 Å². The van der Waals surface area contributed by atoms with Crippen LogP contribution in [-0.2, 0) is 16.0 Å². The Morgan fingerprint density at radius 2 is 1.50 bits per heavy atom. The molecule has 0 amide bonds. The van der Waals surface area contributed by atoms with Crippen LogP contribution in [0.3, 0.4) is 0 Å². The number of aryl methyl sites for hydroxylation is 2. The summed E-state index contributed by atoms with van der Waals surface area (Å²) in [5.41, 5.74) is 1.77. The van der Waals surface area contributed by atoms with Gasteiger partial charge in [0, 0.05) is 18.9 Å². The Kier molecular flexibility index (Phi) is 21.9. The summed E-state index contributed by atoms with van der Waals surface area (Å²) in [6.07, 6.45) is 4.36. The highest BCUT2D eigenvalue weighted by atomic mass is 19.1. The van der Waals surface area contributed by atoms with E-state index >= 15 is 0 Å². The van der Waals surface area contributed by atoms with Gasteiger partial charge in [-0.1, -0.05) is 41.0 Å². The SMILES string of the molecule is CC.CCC(C)=O.CCCC(C)=O.CCCc1cc(C)c(F)cc1OC. The molecule has 0 saturated heterocycles. The lowest BCUT2D eigenvalue weighted by atomic mass is 10.1. The predicted molar refractivity (Wildman–Crippen MR) is 110 cm³/mol. The summed E-state index contributed by atoms with van der Waals surface area (Å²) < 4.78 is 18.2. The van der Waals surface area contributed by atoms with Gasteiger partial charge in [0.15, 0.2) is 0 Å². The Bertz CT molecular complexity index is 496. The molecule has 0 bridgehead atoms. The van der Waals surface area contributed by atoms with Gasteiger partial charge in [-0.2, -0.15) is 0 Å². The van der Waals surface area contributed by atoms with E-state index in [1.807, 2.05) is 33.8 Å². The van der Waals surface area contributed by atoms with Crippen LogP contribution in [0.25, 0.3) is 0 Å². The van der Waals surface area contributed by atoms with Gasteiger partial charge in [-0.25, -0.2) is 4.39 Å². The molecule has 0 aliphatic carbocycles. The number of rotatable bonds is 6. The summed E-state index contributed by atoms with van der Waals surface area (Å²) in [4.78, 5) is 19.9. The molecule has 26 heavy (non-hydrogen) atoms. The van der Waals surface area contributed by atoms with E-state index in [2.05, 4.69) is 6.92 Å². The van der Waals surface area contributed by atoms with Crippen LogP contribution in [0.5, 0.6) is 5.75 Å². The molecule has 1 aromatic rings. The van der Waals surface area contributed by atoms with Crippen molar-refractivity contribution in [1.29, 1.82) is 0 Å². The Hall–Kier alpha value is -1.71. The average molecular weight is 371 g/mol. The fraction of sp³-hybridized carbons (Fsp3) is 0.636. The topological polar surface area (TPSA) is 43.4 Å². The van der Waals surface area contributed by atoms with E-state index in [0.29, 0.717) is 17.7 Å². The van der Waals surface area contributed by atoms with Crippen LogP contribution >= 0.6 is 0 Å². The fourth-order valence-corrected chi connectivity index (χ4v) is 1.73. The maximum absolute atomic E-state index is 13.1. The Morgan fingerprint density at radius 3 is 1.77 bits per heavy atom. The summed E-state index contributed by atoms with van der Waals surface area (Å²) >= 11 is 0. The van der Waals surface area contributed by atoms with Crippen LogP contribution in [-0.4, -0.2) is 18.7 Å². The third kappa shape index (κ3) is 17.1. The molecular weight excluding hydrogens is 331 g/mol. The highest BCUT2D eigenvalue weighted by molar-refractivity contribution is 5.75. The number of hydrogen-bond acceptors (Lipinski definition) is 3. The molecule has 152 valence electrons. The molecule has 0 radical (unpaired) electrons. The number of carbonyl (C=O) groups excluding carboxylic acids is 2. The molecule has 0 heterocycles. The maximum atomic E-state index is 13.1. The summed E-state index contributed by atoms with van der Waals surface area (Å²) in [7, 11) is 1.57.